The fourth-order valence-electron chi connectivity index (χ4n) is 7.51. The zero-order valence-corrected chi connectivity index (χ0v) is 32.7. The van der Waals surface area contributed by atoms with Crippen molar-refractivity contribution in [2.45, 2.75) is 89.9 Å². The van der Waals surface area contributed by atoms with Crippen molar-refractivity contribution in [1.29, 1.82) is 0 Å². The molecule has 5 aromatic rings. The lowest BCUT2D eigenvalue weighted by atomic mass is 9.92. The number of aromatic nitrogens is 2. The van der Waals surface area contributed by atoms with Crippen LogP contribution in [-0.4, -0.2) is 35.6 Å². The number of unbranched alkanes of at least 4 members (excludes halogenated alkanes) is 7. The molecule has 10 heteroatoms. The first-order valence-electron chi connectivity index (χ1n) is 18.5. The molecule has 276 valence electrons. The van der Waals surface area contributed by atoms with Gasteiger partial charge >= 0.3 is 0 Å². The molecule has 0 unspecified atom stereocenters. The van der Waals surface area contributed by atoms with Crippen LogP contribution < -0.4 is 15.4 Å². The first kappa shape index (κ1) is 39.9. The first-order valence-corrected chi connectivity index (χ1v) is 19.3. The molecule has 3 aromatic carbocycles. The van der Waals surface area contributed by atoms with E-state index >= 15 is 0 Å². The van der Waals surface area contributed by atoms with Gasteiger partial charge in [-0.05, 0) is 105 Å². The summed E-state index contributed by atoms with van der Waals surface area (Å²) in [5.41, 5.74) is 9.47. The molecule has 0 spiro atoms. The van der Waals surface area contributed by atoms with Crippen molar-refractivity contribution in [1.82, 2.24) is 15.3 Å². The Bertz CT molecular complexity index is 1990. The van der Waals surface area contributed by atoms with Crippen LogP contribution in [0.5, 0.6) is 5.75 Å². The SMILES string of the molecule is Cl.Cl.O=C(NCCCCCCCCCCNc1c2c(nc3cc(Cl)ccc13)CCCC2)c1ccc2nc(-c3ccc(Cl)cc3)c3c(c2c1)OCCC3. The first-order chi connectivity index (χ1) is 24.5. The maximum Gasteiger partial charge on any atom is 0.251 e. The average Bonchev–Trinajstić information content (AvgIpc) is 3.14. The largest absolute Gasteiger partial charge is 0.493 e. The van der Waals surface area contributed by atoms with E-state index in [1.165, 1.54) is 73.7 Å². The van der Waals surface area contributed by atoms with E-state index in [1.807, 2.05) is 54.6 Å². The molecule has 0 bridgehead atoms. The summed E-state index contributed by atoms with van der Waals surface area (Å²) in [4.78, 5) is 23.0. The molecule has 3 heterocycles. The van der Waals surface area contributed by atoms with Gasteiger partial charge in [-0.3, -0.25) is 9.78 Å². The monoisotopic (exact) mass is 780 g/mol. The molecule has 2 aromatic heterocycles. The Labute approximate surface area is 329 Å². The molecule has 2 aliphatic rings. The molecule has 1 aliphatic carbocycles. The second-order valence-electron chi connectivity index (χ2n) is 13.8. The van der Waals surface area contributed by atoms with Crippen LogP contribution in [0.1, 0.15) is 97.8 Å². The minimum absolute atomic E-state index is 0. The highest BCUT2D eigenvalue weighted by atomic mass is 35.5. The Morgan fingerprint density at radius 1 is 0.673 bits per heavy atom. The summed E-state index contributed by atoms with van der Waals surface area (Å²) in [6.45, 7) is 2.34. The van der Waals surface area contributed by atoms with Crippen LogP contribution in [0.2, 0.25) is 10.0 Å². The van der Waals surface area contributed by atoms with E-state index in [4.69, 9.17) is 37.9 Å². The van der Waals surface area contributed by atoms with E-state index in [0.29, 0.717) is 23.7 Å². The maximum atomic E-state index is 13.1. The number of nitrogens with one attached hydrogen (secondary N) is 2. The number of fused-ring (bicyclic) bond motifs is 5. The van der Waals surface area contributed by atoms with Crippen LogP contribution in [0.15, 0.2) is 60.7 Å². The number of nitrogens with zero attached hydrogens (tertiary/aromatic N) is 2. The number of carbonyl (C=O) groups excluding carboxylic acids is 1. The van der Waals surface area contributed by atoms with E-state index in [0.717, 1.165) is 89.1 Å². The highest BCUT2D eigenvalue weighted by Crippen LogP contribution is 2.39. The van der Waals surface area contributed by atoms with Crippen LogP contribution in [0.3, 0.4) is 0 Å². The van der Waals surface area contributed by atoms with Gasteiger partial charge in [-0.25, -0.2) is 4.98 Å². The number of hydrogen-bond acceptors (Lipinski definition) is 5. The Hall–Kier alpha value is -3.29. The topological polar surface area (TPSA) is 76.1 Å². The predicted molar refractivity (Wildman–Crippen MR) is 222 cm³/mol. The number of pyridine rings is 2. The van der Waals surface area contributed by atoms with Gasteiger partial charge in [-0.15, -0.1) is 24.8 Å². The summed E-state index contributed by atoms with van der Waals surface area (Å²) in [6, 6.07) is 19.6. The minimum Gasteiger partial charge on any atom is -0.493 e. The van der Waals surface area contributed by atoms with Gasteiger partial charge in [-0.1, -0.05) is 73.9 Å². The highest BCUT2D eigenvalue weighted by Gasteiger charge is 2.22. The number of hydrogen-bond donors (Lipinski definition) is 2. The van der Waals surface area contributed by atoms with Gasteiger partial charge in [0.1, 0.15) is 5.75 Å². The number of carbonyl (C=O) groups is 1. The Morgan fingerprint density at radius 3 is 2.15 bits per heavy atom. The van der Waals surface area contributed by atoms with E-state index in [9.17, 15) is 4.79 Å². The Balaban J connectivity index is 0.00000261. The third-order valence-corrected chi connectivity index (χ3v) is 10.6. The lowest BCUT2D eigenvalue weighted by molar-refractivity contribution is 0.0953. The van der Waals surface area contributed by atoms with Crippen molar-refractivity contribution in [3.8, 4) is 17.0 Å². The molecule has 6 nitrogen and oxygen atoms in total. The zero-order valence-electron chi connectivity index (χ0n) is 29.6. The molecular formula is C42H48Cl4N4O2. The number of halogens is 4. The summed E-state index contributed by atoms with van der Waals surface area (Å²) in [5, 5.41) is 10.4. The number of amides is 1. The van der Waals surface area contributed by atoms with Gasteiger partial charge in [0, 0.05) is 62.0 Å². The maximum absolute atomic E-state index is 13.1. The summed E-state index contributed by atoms with van der Waals surface area (Å²) in [7, 11) is 0. The smallest absolute Gasteiger partial charge is 0.251 e. The van der Waals surface area contributed by atoms with Crippen molar-refractivity contribution >= 4 is 81.4 Å². The van der Waals surface area contributed by atoms with Crippen LogP contribution in [0, 0.1) is 0 Å². The average molecular weight is 783 g/mol. The molecule has 0 radical (unpaired) electrons. The van der Waals surface area contributed by atoms with Gasteiger partial charge in [0.05, 0.1) is 23.3 Å². The number of rotatable bonds is 14. The highest BCUT2D eigenvalue weighted by molar-refractivity contribution is 6.31. The summed E-state index contributed by atoms with van der Waals surface area (Å²) in [5.74, 6) is 0.805. The molecule has 0 atom stereocenters. The molecule has 52 heavy (non-hydrogen) atoms. The van der Waals surface area contributed by atoms with E-state index in [-0.39, 0.29) is 30.7 Å². The van der Waals surface area contributed by atoms with E-state index < -0.39 is 0 Å². The second-order valence-corrected chi connectivity index (χ2v) is 14.6. The van der Waals surface area contributed by atoms with E-state index in [2.05, 4.69) is 16.7 Å². The van der Waals surface area contributed by atoms with Crippen molar-refractivity contribution in [3.05, 3.63) is 93.1 Å². The normalized spacial score (nSPS) is 13.3. The molecule has 0 saturated heterocycles. The summed E-state index contributed by atoms with van der Waals surface area (Å²) < 4.78 is 6.18. The van der Waals surface area contributed by atoms with Gasteiger partial charge in [0.25, 0.3) is 5.91 Å². The molecule has 0 fully saturated rings. The molecule has 1 aliphatic heterocycles. The third-order valence-electron chi connectivity index (χ3n) is 10.1. The lowest BCUT2D eigenvalue weighted by Gasteiger charge is -2.22. The zero-order chi connectivity index (χ0) is 34.3. The van der Waals surface area contributed by atoms with Gasteiger partial charge in [-0.2, -0.15) is 0 Å². The Kier molecular flexibility index (Phi) is 14.7. The fraction of sp³-hybridized carbons (Fsp3) is 0.405. The summed E-state index contributed by atoms with van der Waals surface area (Å²) in [6.07, 6.45) is 15.9. The number of aryl methyl sites for hydroxylation is 1. The lowest BCUT2D eigenvalue weighted by Crippen LogP contribution is -2.24. The predicted octanol–water partition coefficient (Wildman–Crippen LogP) is 11.8. The molecule has 7 rings (SSSR count). The summed E-state index contributed by atoms with van der Waals surface area (Å²) >= 11 is 12.4. The van der Waals surface area contributed by atoms with Crippen molar-refractivity contribution in [2.24, 2.45) is 0 Å². The quantitative estimate of drug-likeness (QED) is 0.110. The second kappa shape index (κ2) is 19.2. The number of benzene rings is 3. The van der Waals surface area contributed by atoms with Crippen molar-refractivity contribution in [2.75, 3.05) is 25.0 Å². The van der Waals surface area contributed by atoms with Crippen LogP contribution in [0.25, 0.3) is 33.1 Å². The van der Waals surface area contributed by atoms with Crippen LogP contribution in [-0.2, 0) is 19.3 Å². The van der Waals surface area contributed by atoms with Gasteiger partial charge in [0.15, 0.2) is 0 Å². The third kappa shape index (κ3) is 9.43. The van der Waals surface area contributed by atoms with Gasteiger partial charge < -0.3 is 15.4 Å². The Morgan fingerprint density at radius 2 is 1.37 bits per heavy atom. The van der Waals surface area contributed by atoms with Crippen LogP contribution >= 0.6 is 48.0 Å². The van der Waals surface area contributed by atoms with Crippen molar-refractivity contribution < 1.29 is 9.53 Å². The van der Waals surface area contributed by atoms with Crippen LogP contribution in [0.4, 0.5) is 5.69 Å². The fourth-order valence-corrected chi connectivity index (χ4v) is 7.80. The molecule has 1 amide bonds. The number of anilines is 1. The van der Waals surface area contributed by atoms with Crippen molar-refractivity contribution in [3.63, 3.8) is 0 Å². The van der Waals surface area contributed by atoms with Gasteiger partial charge in [0.2, 0.25) is 0 Å². The number of ether oxygens (including phenoxy) is 1. The molecule has 2 N–H and O–H groups in total. The molecule has 0 saturated carbocycles. The van der Waals surface area contributed by atoms with E-state index in [1.54, 1.807) is 0 Å². The molecular weight excluding hydrogens is 734 g/mol. The standard InChI is InChI=1S/C42H46Cl2N4O2.2ClH/c43-30-18-15-28(16-19-30)39-34-13-11-25-50-41(34)35-26-29(17-22-37(35)48-39)42(49)46-24-10-6-4-2-1-3-5-9-23-45-40-32-12-7-8-14-36(32)47-38-27-31(44)20-21-33(38)40;;/h15-22,26-27H,1-14,23-25H2,(H,45,47)(H,46,49);2*1H. The minimum atomic E-state index is -0.0454.